The normalized spacial score (nSPS) is 9.82. The van der Waals surface area contributed by atoms with Crippen LogP contribution < -0.4 is 4.90 Å². The fourth-order valence-corrected chi connectivity index (χ4v) is 2.70. The van der Waals surface area contributed by atoms with Crippen molar-refractivity contribution in [2.24, 2.45) is 0 Å². The van der Waals surface area contributed by atoms with Gasteiger partial charge in [-0.2, -0.15) is 0 Å². The van der Waals surface area contributed by atoms with Crippen molar-refractivity contribution in [1.29, 1.82) is 0 Å². The smallest absolute Gasteiger partial charge is 0.415 e. The number of hydrogen-bond acceptors (Lipinski definition) is 5. The van der Waals surface area contributed by atoms with Crippen LogP contribution in [0.4, 0.5) is 14.2 Å². The molecular weight excluding hydrogens is 305 g/mol. The van der Waals surface area contributed by atoms with Crippen LogP contribution in [0.25, 0.3) is 10.6 Å². The lowest BCUT2D eigenvalue weighted by Crippen LogP contribution is -2.27. The van der Waals surface area contributed by atoms with E-state index in [1.807, 2.05) is 0 Å². The number of hydrogen-bond donors (Lipinski definition) is 0. The zero-order valence-corrected chi connectivity index (χ0v) is 13.2. The summed E-state index contributed by atoms with van der Waals surface area (Å²) in [6, 6.07) is 1.35. The van der Waals surface area contributed by atoms with E-state index in [9.17, 15) is 9.18 Å². The third kappa shape index (κ3) is 3.59. The number of carbonyl (C=O) groups excluding carboxylic acids is 1. The van der Waals surface area contributed by atoms with Crippen molar-refractivity contribution in [3.05, 3.63) is 30.0 Å². The van der Waals surface area contributed by atoms with Crippen molar-refractivity contribution in [2.45, 2.75) is 13.8 Å². The Morgan fingerprint density at radius 3 is 2.95 bits per heavy atom. The minimum atomic E-state index is -0.515. The largest absolute Gasteiger partial charge is 0.436 e. The molecule has 0 aliphatic carbocycles. The maximum absolute atomic E-state index is 13.2. The Balaban J connectivity index is 2.21. The molecule has 0 saturated carbocycles. The Morgan fingerprint density at radius 2 is 2.27 bits per heavy atom. The van der Waals surface area contributed by atoms with Gasteiger partial charge < -0.3 is 4.74 Å². The molecular formula is C15H14FN3O2S. The molecule has 0 aromatic carbocycles. The number of ether oxygens (including phenoxy) is 1. The van der Waals surface area contributed by atoms with E-state index in [-0.39, 0.29) is 6.61 Å². The summed E-state index contributed by atoms with van der Waals surface area (Å²) in [6.45, 7) is 3.49. The van der Waals surface area contributed by atoms with Gasteiger partial charge in [-0.3, -0.25) is 9.88 Å². The molecule has 2 heterocycles. The number of aromatic nitrogens is 2. The first-order valence-corrected chi connectivity index (χ1v) is 7.23. The number of thiazole rings is 1. The van der Waals surface area contributed by atoms with Gasteiger partial charge in [-0.05, 0) is 19.9 Å². The summed E-state index contributed by atoms with van der Waals surface area (Å²) < 4.78 is 18.2. The van der Waals surface area contributed by atoms with Crippen LogP contribution in [-0.4, -0.2) is 29.7 Å². The lowest BCUT2D eigenvalue weighted by atomic mass is 10.3. The average Bonchev–Trinajstić information content (AvgIpc) is 2.88. The molecule has 7 heteroatoms. The van der Waals surface area contributed by atoms with Crippen molar-refractivity contribution in [3.8, 4) is 22.4 Å². The van der Waals surface area contributed by atoms with Gasteiger partial charge in [-0.15, -0.1) is 5.92 Å². The van der Waals surface area contributed by atoms with E-state index in [0.29, 0.717) is 21.3 Å². The van der Waals surface area contributed by atoms with Gasteiger partial charge in [0.2, 0.25) is 0 Å². The van der Waals surface area contributed by atoms with Gasteiger partial charge in [0.15, 0.2) is 6.61 Å². The van der Waals surface area contributed by atoms with Crippen LogP contribution >= 0.6 is 11.3 Å². The highest BCUT2D eigenvalue weighted by molar-refractivity contribution is 7.19. The minimum absolute atomic E-state index is 0.0399. The molecule has 0 saturated heterocycles. The number of rotatable bonds is 3. The molecule has 22 heavy (non-hydrogen) atoms. The second kappa shape index (κ2) is 7.00. The average molecular weight is 319 g/mol. The molecule has 5 nitrogen and oxygen atoms in total. The van der Waals surface area contributed by atoms with Crippen LogP contribution in [-0.2, 0) is 4.74 Å². The van der Waals surface area contributed by atoms with Crippen molar-refractivity contribution < 1.29 is 13.9 Å². The standard InChI is InChI=1S/C15H14FN3O2S/c1-4-5-6-21-15(20)19(3)14-10(2)18-13(22-14)11-7-12(16)9-17-8-11/h7-9H,6H2,1-3H3. The van der Waals surface area contributed by atoms with Crippen LogP contribution in [0.15, 0.2) is 18.5 Å². The summed E-state index contributed by atoms with van der Waals surface area (Å²) in [5.41, 5.74) is 1.23. The molecule has 0 N–H and O–H groups in total. The fourth-order valence-electron chi connectivity index (χ4n) is 1.70. The Labute approximate surface area is 131 Å². The van der Waals surface area contributed by atoms with E-state index in [4.69, 9.17) is 4.74 Å². The summed E-state index contributed by atoms with van der Waals surface area (Å²) in [5, 5.41) is 1.22. The fraction of sp³-hybridized carbons (Fsp3) is 0.267. The van der Waals surface area contributed by atoms with Gasteiger partial charge in [-0.25, -0.2) is 14.2 Å². The molecule has 0 spiro atoms. The van der Waals surface area contributed by atoms with E-state index in [0.717, 1.165) is 6.20 Å². The van der Waals surface area contributed by atoms with Crippen molar-refractivity contribution >= 4 is 22.4 Å². The molecule has 0 fully saturated rings. The summed E-state index contributed by atoms with van der Waals surface area (Å²) in [5.74, 6) is 4.87. The van der Waals surface area contributed by atoms with Crippen molar-refractivity contribution in [1.82, 2.24) is 9.97 Å². The maximum Gasteiger partial charge on any atom is 0.415 e. The Bertz CT molecular complexity index is 749. The topological polar surface area (TPSA) is 55.3 Å². The lowest BCUT2D eigenvalue weighted by Gasteiger charge is -2.14. The summed E-state index contributed by atoms with van der Waals surface area (Å²) in [7, 11) is 1.59. The highest BCUT2D eigenvalue weighted by Gasteiger charge is 2.19. The highest BCUT2D eigenvalue weighted by Crippen LogP contribution is 2.33. The number of anilines is 1. The van der Waals surface area contributed by atoms with Crippen molar-refractivity contribution in [3.63, 3.8) is 0 Å². The maximum atomic E-state index is 13.2. The van der Waals surface area contributed by atoms with Crippen LogP contribution in [0.2, 0.25) is 0 Å². The number of amides is 1. The zero-order valence-electron chi connectivity index (χ0n) is 12.4. The summed E-state index contributed by atoms with van der Waals surface area (Å²) in [6.07, 6.45) is 2.14. The number of carbonyl (C=O) groups is 1. The van der Waals surface area contributed by atoms with Gasteiger partial charge in [0, 0.05) is 18.8 Å². The van der Waals surface area contributed by atoms with E-state index in [1.54, 1.807) is 20.9 Å². The van der Waals surface area contributed by atoms with Gasteiger partial charge in [0.05, 0.1) is 11.9 Å². The number of halogens is 1. The molecule has 0 unspecified atom stereocenters. The van der Waals surface area contributed by atoms with Crippen LogP contribution in [0.1, 0.15) is 12.6 Å². The molecule has 2 aromatic rings. The van der Waals surface area contributed by atoms with E-state index in [2.05, 4.69) is 21.8 Å². The Morgan fingerprint density at radius 1 is 1.50 bits per heavy atom. The molecule has 1 amide bonds. The Hall–Kier alpha value is -2.46. The number of pyridine rings is 1. The van der Waals surface area contributed by atoms with Crippen LogP contribution in [0.5, 0.6) is 0 Å². The molecule has 114 valence electrons. The Kier molecular flexibility index (Phi) is 5.07. The van der Waals surface area contributed by atoms with Crippen molar-refractivity contribution in [2.75, 3.05) is 18.6 Å². The minimum Gasteiger partial charge on any atom is -0.436 e. The summed E-state index contributed by atoms with van der Waals surface area (Å²) in [4.78, 5) is 21.4. The predicted octanol–water partition coefficient (Wildman–Crippen LogP) is 3.25. The monoisotopic (exact) mass is 319 g/mol. The van der Waals surface area contributed by atoms with Crippen LogP contribution in [0.3, 0.4) is 0 Å². The highest BCUT2D eigenvalue weighted by atomic mass is 32.1. The first-order chi connectivity index (χ1) is 10.5. The van der Waals surface area contributed by atoms with E-state index >= 15 is 0 Å². The third-order valence-electron chi connectivity index (χ3n) is 2.75. The summed E-state index contributed by atoms with van der Waals surface area (Å²) >= 11 is 1.27. The van der Waals surface area contributed by atoms with Gasteiger partial charge in [0.25, 0.3) is 0 Å². The van der Waals surface area contributed by atoms with E-state index in [1.165, 1.54) is 28.5 Å². The third-order valence-corrected chi connectivity index (χ3v) is 4.03. The molecule has 2 rings (SSSR count). The molecule has 0 radical (unpaired) electrons. The SMILES string of the molecule is CC#CCOC(=O)N(C)c1sc(-c2cncc(F)c2)nc1C. The van der Waals surface area contributed by atoms with E-state index < -0.39 is 11.9 Å². The first-order valence-electron chi connectivity index (χ1n) is 6.41. The molecule has 0 bridgehead atoms. The molecule has 0 aliphatic heterocycles. The second-order valence-electron chi connectivity index (χ2n) is 4.34. The number of nitrogens with zero attached hydrogens (tertiary/aromatic N) is 3. The quantitative estimate of drug-likeness (QED) is 0.815. The molecule has 0 atom stereocenters. The van der Waals surface area contributed by atoms with Gasteiger partial charge in [-0.1, -0.05) is 17.3 Å². The van der Waals surface area contributed by atoms with Gasteiger partial charge in [0.1, 0.15) is 15.8 Å². The predicted molar refractivity (Wildman–Crippen MR) is 83.2 cm³/mol. The molecule has 0 aliphatic rings. The van der Waals surface area contributed by atoms with Gasteiger partial charge >= 0.3 is 6.09 Å². The van der Waals surface area contributed by atoms with Crippen LogP contribution in [0, 0.1) is 24.6 Å². The number of aryl methyl sites for hydroxylation is 1. The lowest BCUT2D eigenvalue weighted by molar-refractivity contribution is 0.169. The second-order valence-corrected chi connectivity index (χ2v) is 5.32. The first kappa shape index (κ1) is 15.9. The zero-order chi connectivity index (χ0) is 16.1. The molecule has 2 aromatic heterocycles.